The van der Waals surface area contributed by atoms with E-state index in [1.54, 1.807) is 54.6 Å². The van der Waals surface area contributed by atoms with E-state index in [1.807, 2.05) is 0 Å². The second kappa shape index (κ2) is 7.02. The van der Waals surface area contributed by atoms with Gasteiger partial charge in [0.25, 0.3) is 6.43 Å². The number of rotatable bonds is 5. The van der Waals surface area contributed by atoms with Crippen LogP contribution in [0.2, 0.25) is 0 Å². The SMILES string of the molecule is COc1ccc(N(C(C)=O)C(c2ccccc2)C(F)F)cc1. The van der Waals surface area contributed by atoms with E-state index < -0.39 is 18.4 Å². The molecular weight excluding hydrogens is 288 g/mol. The first-order chi connectivity index (χ1) is 10.5. The lowest BCUT2D eigenvalue weighted by atomic mass is 10.0. The van der Waals surface area contributed by atoms with E-state index in [0.29, 0.717) is 17.0 Å². The predicted molar refractivity (Wildman–Crippen MR) is 81.3 cm³/mol. The van der Waals surface area contributed by atoms with Crippen LogP contribution < -0.4 is 9.64 Å². The van der Waals surface area contributed by atoms with Crippen LogP contribution in [0.25, 0.3) is 0 Å². The molecule has 2 rings (SSSR count). The van der Waals surface area contributed by atoms with Gasteiger partial charge in [-0.1, -0.05) is 30.3 Å². The highest BCUT2D eigenvalue weighted by molar-refractivity contribution is 5.92. The van der Waals surface area contributed by atoms with E-state index in [4.69, 9.17) is 4.74 Å². The number of anilines is 1. The maximum Gasteiger partial charge on any atom is 0.263 e. The van der Waals surface area contributed by atoms with Crippen molar-refractivity contribution in [1.82, 2.24) is 0 Å². The fraction of sp³-hybridized carbons (Fsp3) is 0.235. The Hall–Kier alpha value is -2.43. The number of amides is 1. The Morgan fingerprint density at radius 2 is 1.64 bits per heavy atom. The molecule has 3 nitrogen and oxygen atoms in total. The molecule has 0 radical (unpaired) electrons. The normalized spacial score (nSPS) is 12.0. The molecule has 0 heterocycles. The molecule has 0 aliphatic heterocycles. The Morgan fingerprint density at radius 3 is 2.09 bits per heavy atom. The van der Waals surface area contributed by atoms with E-state index in [2.05, 4.69) is 0 Å². The average Bonchev–Trinajstić information content (AvgIpc) is 2.52. The molecule has 0 N–H and O–H groups in total. The number of halogens is 2. The second-order valence-corrected chi connectivity index (χ2v) is 4.78. The van der Waals surface area contributed by atoms with Gasteiger partial charge < -0.3 is 4.74 Å². The number of hydrogen-bond donors (Lipinski definition) is 0. The summed E-state index contributed by atoms with van der Waals surface area (Å²) in [5, 5.41) is 0. The van der Waals surface area contributed by atoms with Gasteiger partial charge in [-0.25, -0.2) is 8.78 Å². The first-order valence-corrected chi connectivity index (χ1v) is 6.81. The quantitative estimate of drug-likeness (QED) is 0.834. The molecule has 2 aromatic rings. The van der Waals surface area contributed by atoms with Gasteiger partial charge >= 0.3 is 0 Å². The molecule has 0 spiro atoms. The molecule has 0 aliphatic rings. The Morgan fingerprint density at radius 1 is 1.05 bits per heavy atom. The smallest absolute Gasteiger partial charge is 0.263 e. The molecule has 0 aromatic heterocycles. The van der Waals surface area contributed by atoms with Crippen molar-refractivity contribution >= 4 is 11.6 Å². The highest BCUT2D eigenvalue weighted by atomic mass is 19.3. The number of benzene rings is 2. The van der Waals surface area contributed by atoms with Gasteiger partial charge in [-0.05, 0) is 29.8 Å². The van der Waals surface area contributed by atoms with Gasteiger partial charge in [0.1, 0.15) is 11.8 Å². The summed E-state index contributed by atoms with van der Waals surface area (Å²) < 4.78 is 32.3. The van der Waals surface area contributed by atoms with E-state index in [0.717, 1.165) is 4.90 Å². The van der Waals surface area contributed by atoms with Crippen LogP contribution in [0.3, 0.4) is 0 Å². The molecule has 0 fully saturated rings. The lowest BCUT2D eigenvalue weighted by Gasteiger charge is -2.31. The molecule has 1 atom stereocenters. The minimum atomic E-state index is -2.70. The molecule has 5 heteroatoms. The molecule has 1 unspecified atom stereocenters. The highest BCUT2D eigenvalue weighted by Crippen LogP contribution is 2.33. The molecule has 22 heavy (non-hydrogen) atoms. The third-order valence-electron chi connectivity index (χ3n) is 3.35. The van der Waals surface area contributed by atoms with Gasteiger partial charge in [-0.15, -0.1) is 0 Å². The van der Waals surface area contributed by atoms with Gasteiger partial charge in [0.05, 0.1) is 7.11 Å². The zero-order valence-electron chi connectivity index (χ0n) is 12.4. The Kier molecular flexibility index (Phi) is 5.09. The maximum absolute atomic E-state index is 13.6. The number of methoxy groups -OCH3 is 1. The number of carbonyl (C=O) groups excluding carboxylic acids is 1. The fourth-order valence-electron chi connectivity index (χ4n) is 2.34. The van der Waals surface area contributed by atoms with E-state index in [-0.39, 0.29) is 0 Å². The summed E-state index contributed by atoms with van der Waals surface area (Å²) in [4.78, 5) is 13.1. The summed E-state index contributed by atoms with van der Waals surface area (Å²) in [5.74, 6) is 0.153. The van der Waals surface area contributed by atoms with Crippen molar-refractivity contribution in [2.75, 3.05) is 12.0 Å². The zero-order chi connectivity index (χ0) is 16.1. The minimum absolute atomic E-state index is 0.392. The highest BCUT2D eigenvalue weighted by Gasteiger charge is 2.32. The standard InChI is InChI=1S/C17H17F2NO2/c1-12(21)20(14-8-10-15(22-2)11-9-14)16(17(18)19)13-6-4-3-5-7-13/h3-11,16-17H,1-2H3. The average molecular weight is 305 g/mol. The van der Waals surface area contributed by atoms with Crippen LogP contribution in [0, 0.1) is 0 Å². The topological polar surface area (TPSA) is 29.5 Å². The lowest BCUT2D eigenvalue weighted by molar-refractivity contribution is -0.117. The summed E-state index contributed by atoms with van der Waals surface area (Å²) in [6, 6.07) is 13.4. The summed E-state index contributed by atoms with van der Waals surface area (Å²) in [6.45, 7) is 1.28. The van der Waals surface area contributed by atoms with Crippen LogP contribution in [0.15, 0.2) is 54.6 Å². The van der Waals surface area contributed by atoms with Crippen molar-refractivity contribution in [3.63, 3.8) is 0 Å². The molecule has 0 saturated heterocycles. The fourth-order valence-corrected chi connectivity index (χ4v) is 2.34. The van der Waals surface area contributed by atoms with Gasteiger partial charge in [0, 0.05) is 12.6 Å². The third kappa shape index (κ3) is 3.42. The summed E-state index contributed by atoms with van der Waals surface area (Å²) in [7, 11) is 1.52. The summed E-state index contributed by atoms with van der Waals surface area (Å²) in [5.41, 5.74) is 0.797. The zero-order valence-corrected chi connectivity index (χ0v) is 12.4. The Balaban J connectivity index is 2.45. The van der Waals surface area contributed by atoms with Crippen LogP contribution in [0.1, 0.15) is 18.5 Å². The van der Waals surface area contributed by atoms with E-state index in [1.165, 1.54) is 14.0 Å². The molecule has 2 aromatic carbocycles. The Bertz CT molecular complexity index is 614. The molecule has 0 saturated carbocycles. The second-order valence-electron chi connectivity index (χ2n) is 4.78. The third-order valence-corrected chi connectivity index (χ3v) is 3.35. The summed E-state index contributed by atoms with van der Waals surface area (Å²) >= 11 is 0. The van der Waals surface area contributed by atoms with Crippen molar-refractivity contribution in [1.29, 1.82) is 0 Å². The van der Waals surface area contributed by atoms with Crippen molar-refractivity contribution < 1.29 is 18.3 Å². The number of hydrogen-bond acceptors (Lipinski definition) is 2. The molecule has 116 valence electrons. The number of carbonyl (C=O) groups is 1. The number of nitrogens with zero attached hydrogens (tertiary/aromatic N) is 1. The van der Waals surface area contributed by atoms with E-state index in [9.17, 15) is 13.6 Å². The van der Waals surface area contributed by atoms with Crippen LogP contribution in [0.5, 0.6) is 5.75 Å². The monoisotopic (exact) mass is 305 g/mol. The predicted octanol–water partition coefficient (Wildman–Crippen LogP) is 4.05. The summed E-state index contributed by atoms with van der Waals surface area (Å²) in [6.07, 6.45) is -2.70. The number of ether oxygens (including phenoxy) is 1. The van der Waals surface area contributed by atoms with Crippen molar-refractivity contribution in [2.45, 2.75) is 19.4 Å². The van der Waals surface area contributed by atoms with Crippen molar-refractivity contribution in [3.05, 3.63) is 60.2 Å². The lowest BCUT2D eigenvalue weighted by Crippen LogP contribution is -2.37. The molecule has 0 bridgehead atoms. The van der Waals surface area contributed by atoms with E-state index >= 15 is 0 Å². The van der Waals surface area contributed by atoms with Crippen LogP contribution >= 0.6 is 0 Å². The number of alkyl halides is 2. The first kappa shape index (κ1) is 15.9. The van der Waals surface area contributed by atoms with Gasteiger partial charge in [0.2, 0.25) is 5.91 Å². The molecule has 1 amide bonds. The molecular formula is C17H17F2NO2. The largest absolute Gasteiger partial charge is 0.497 e. The Labute approximate surface area is 128 Å². The van der Waals surface area contributed by atoms with Crippen LogP contribution in [-0.4, -0.2) is 19.4 Å². The van der Waals surface area contributed by atoms with Gasteiger partial charge in [-0.2, -0.15) is 0 Å². The van der Waals surface area contributed by atoms with Gasteiger partial charge in [0.15, 0.2) is 0 Å². The van der Waals surface area contributed by atoms with Crippen molar-refractivity contribution in [2.24, 2.45) is 0 Å². The first-order valence-electron chi connectivity index (χ1n) is 6.81. The molecule has 0 aliphatic carbocycles. The van der Waals surface area contributed by atoms with Crippen LogP contribution in [0.4, 0.5) is 14.5 Å². The minimum Gasteiger partial charge on any atom is -0.497 e. The van der Waals surface area contributed by atoms with Gasteiger partial charge in [-0.3, -0.25) is 9.69 Å². The maximum atomic E-state index is 13.6. The van der Waals surface area contributed by atoms with Crippen LogP contribution in [-0.2, 0) is 4.79 Å². The van der Waals surface area contributed by atoms with Crippen molar-refractivity contribution in [3.8, 4) is 5.75 Å².